The van der Waals surface area contributed by atoms with Gasteiger partial charge in [0.05, 0.1) is 17.8 Å². The molecule has 1 fully saturated rings. The molecule has 0 aromatic heterocycles. The van der Waals surface area contributed by atoms with E-state index >= 15 is 0 Å². The molecule has 0 bridgehead atoms. The van der Waals surface area contributed by atoms with Gasteiger partial charge in [0.25, 0.3) is 10.0 Å². The van der Waals surface area contributed by atoms with Gasteiger partial charge < -0.3 is 15.1 Å². The molecule has 4 rings (SSSR count). The number of benzene rings is 2. The lowest BCUT2D eigenvalue weighted by atomic mass is 10.2. The van der Waals surface area contributed by atoms with E-state index in [1.807, 2.05) is 4.90 Å². The quantitative estimate of drug-likeness (QED) is 0.850. The smallest absolute Gasteiger partial charge is 0.286 e. The van der Waals surface area contributed by atoms with Crippen molar-refractivity contribution < 1.29 is 17.6 Å². The molecule has 0 aliphatic carbocycles. The number of halogens is 1. The van der Waals surface area contributed by atoms with Crippen molar-refractivity contribution in [3.05, 3.63) is 54.3 Å². The van der Waals surface area contributed by atoms with Crippen LogP contribution < -0.4 is 10.2 Å². The second-order valence-electron chi connectivity index (χ2n) is 6.63. The Morgan fingerprint density at radius 1 is 1.04 bits per heavy atom. The lowest BCUT2D eigenvalue weighted by molar-refractivity contribution is -0.130. The summed E-state index contributed by atoms with van der Waals surface area (Å²) in [5, 5.41) is 2.93. The zero-order chi connectivity index (χ0) is 19.7. The predicted molar refractivity (Wildman–Crippen MR) is 104 cm³/mol. The van der Waals surface area contributed by atoms with Crippen molar-refractivity contribution in [1.29, 1.82) is 0 Å². The van der Waals surface area contributed by atoms with E-state index in [1.54, 1.807) is 41.3 Å². The van der Waals surface area contributed by atoms with Gasteiger partial charge in [-0.05, 0) is 24.3 Å². The average Bonchev–Trinajstić information content (AvgIpc) is 2.68. The van der Waals surface area contributed by atoms with Crippen molar-refractivity contribution in [1.82, 2.24) is 4.90 Å². The molecule has 2 heterocycles. The van der Waals surface area contributed by atoms with E-state index in [1.165, 1.54) is 12.1 Å². The largest absolute Gasteiger partial charge is 0.366 e. The van der Waals surface area contributed by atoms with E-state index < -0.39 is 10.0 Å². The monoisotopic (exact) mass is 402 g/mol. The van der Waals surface area contributed by atoms with Gasteiger partial charge in [0, 0.05) is 26.2 Å². The number of carbonyl (C=O) groups is 1. The first-order valence-electron chi connectivity index (χ1n) is 8.91. The fraction of sp³-hybridized carbons (Fsp3) is 0.263. The fourth-order valence-corrected chi connectivity index (χ4v) is 4.55. The number of carbonyl (C=O) groups excluding carboxylic acids is 1. The van der Waals surface area contributed by atoms with Crippen LogP contribution in [0.15, 0.2) is 57.8 Å². The predicted octanol–water partition coefficient (Wildman–Crippen LogP) is 2.08. The molecule has 7 nitrogen and oxygen atoms in total. The van der Waals surface area contributed by atoms with Crippen LogP contribution >= 0.6 is 0 Å². The highest BCUT2D eigenvalue weighted by atomic mass is 32.2. The minimum absolute atomic E-state index is 0.102. The summed E-state index contributed by atoms with van der Waals surface area (Å²) in [4.78, 5) is 16.3. The number of fused-ring (bicyclic) bond motifs is 1. The lowest BCUT2D eigenvalue weighted by Gasteiger charge is -2.36. The first-order valence-corrected chi connectivity index (χ1v) is 10.4. The van der Waals surface area contributed by atoms with E-state index in [-0.39, 0.29) is 28.9 Å². The molecule has 146 valence electrons. The summed E-state index contributed by atoms with van der Waals surface area (Å²) in [7, 11) is -3.81. The SMILES string of the molecule is O=C(CC1=NS(=O)(=O)c2ccccc2N1)N1CCN(c2ccccc2F)CC1. The zero-order valence-electron chi connectivity index (χ0n) is 15.0. The molecule has 2 aromatic rings. The van der Waals surface area contributed by atoms with Crippen molar-refractivity contribution in [2.75, 3.05) is 36.4 Å². The number of amides is 1. The van der Waals surface area contributed by atoms with Crippen molar-refractivity contribution in [3.63, 3.8) is 0 Å². The molecule has 2 aliphatic rings. The summed E-state index contributed by atoms with van der Waals surface area (Å²) in [6, 6.07) is 13.0. The number of rotatable bonds is 3. The maximum atomic E-state index is 13.9. The average molecular weight is 402 g/mol. The molecule has 1 saturated heterocycles. The van der Waals surface area contributed by atoms with Crippen LogP contribution in [0.5, 0.6) is 0 Å². The van der Waals surface area contributed by atoms with Crippen LogP contribution in [-0.4, -0.2) is 51.2 Å². The third-order valence-corrected chi connectivity index (χ3v) is 6.19. The van der Waals surface area contributed by atoms with Crippen LogP contribution in [0.2, 0.25) is 0 Å². The number of hydrogen-bond acceptors (Lipinski definition) is 5. The first kappa shape index (κ1) is 18.4. The number of sulfonamides is 1. The molecular formula is C19H19FN4O3S. The molecule has 0 saturated carbocycles. The number of para-hydroxylation sites is 2. The Labute approximate surface area is 162 Å². The Morgan fingerprint density at radius 3 is 2.46 bits per heavy atom. The molecule has 1 N–H and O–H groups in total. The number of hydrogen-bond donors (Lipinski definition) is 1. The molecule has 2 aromatic carbocycles. The molecule has 9 heteroatoms. The molecule has 0 unspecified atom stereocenters. The number of anilines is 2. The Balaban J connectivity index is 1.41. The summed E-state index contributed by atoms with van der Waals surface area (Å²) in [6.45, 7) is 1.88. The van der Waals surface area contributed by atoms with Gasteiger partial charge >= 0.3 is 0 Å². The van der Waals surface area contributed by atoms with Crippen molar-refractivity contribution >= 4 is 33.1 Å². The zero-order valence-corrected chi connectivity index (χ0v) is 15.8. The Bertz CT molecular complexity index is 1050. The van der Waals surface area contributed by atoms with Gasteiger partial charge in [-0.2, -0.15) is 8.42 Å². The summed E-state index contributed by atoms with van der Waals surface area (Å²) >= 11 is 0. The van der Waals surface area contributed by atoms with Gasteiger partial charge in [-0.15, -0.1) is 4.40 Å². The topological polar surface area (TPSA) is 82.1 Å². The third kappa shape index (κ3) is 3.57. The van der Waals surface area contributed by atoms with Crippen molar-refractivity contribution in [2.45, 2.75) is 11.3 Å². The summed E-state index contributed by atoms with van der Waals surface area (Å²) in [5.74, 6) is -0.388. The maximum absolute atomic E-state index is 13.9. The maximum Gasteiger partial charge on any atom is 0.286 e. The second kappa shape index (κ2) is 7.23. The highest BCUT2D eigenvalue weighted by Crippen LogP contribution is 2.27. The molecule has 1 amide bonds. The Morgan fingerprint density at radius 2 is 1.71 bits per heavy atom. The minimum atomic E-state index is -3.81. The first-order chi connectivity index (χ1) is 13.4. The number of piperazine rings is 1. The third-order valence-electron chi connectivity index (χ3n) is 4.82. The van der Waals surface area contributed by atoms with Crippen molar-refractivity contribution in [3.8, 4) is 0 Å². The van der Waals surface area contributed by atoms with Crippen LogP contribution in [0.1, 0.15) is 6.42 Å². The van der Waals surface area contributed by atoms with Crippen LogP contribution in [-0.2, 0) is 14.8 Å². The summed E-state index contributed by atoms with van der Waals surface area (Å²) < 4.78 is 42.2. The van der Waals surface area contributed by atoms with E-state index in [0.29, 0.717) is 37.6 Å². The van der Waals surface area contributed by atoms with Gasteiger partial charge in [0.15, 0.2) is 0 Å². The van der Waals surface area contributed by atoms with Crippen LogP contribution in [0.25, 0.3) is 0 Å². The van der Waals surface area contributed by atoms with Gasteiger partial charge in [-0.25, -0.2) is 4.39 Å². The molecule has 0 spiro atoms. The van der Waals surface area contributed by atoms with Crippen LogP contribution in [0, 0.1) is 5.82 Å². The van der Waals surface area contributed by atoms with E-state index in [9.17, 15) is 17.6 Å². The number of amidine groups is 1. The van der Waals surface area contributed by atoms with E-state index in [4.69, 9.17) is 0 Å². The second-order valence-corrected chi connectivity index (χ2v) is 8.20. The fourth-order valence-electron chi connectivity index (χ4n) is 3.40. The highest BCUT2D eigenvalue weighted by molar-refractivity contribution is 7.90. The van der Waals surface area contributed by atoms with Crippen molar-refractivity contribution in [2.24, 2.45) is 4.40 Å². The van der Waals surface area contributed by atoms with Gasteiger partial charge in [0.1, 0.15) is 16.5 Å². The van der Waals surface area contributed by atoms with Crippen LogP contribution in [0.4, 0.5) is 15.8 Å². The number of nitrogens with zero attached hydrogens (tertiary/aromatic N) is 3. The standard InChI is InChI=1S/C19H19FN4O3S/c20-14-5-1-3-7-16(14)23-9-11-24(12-10-23)19(25)13-18-21-15-6-2-4-8-17(15)28(26,27)22-18/h1-8H,9-13H2,(H,21,22). The molecule has 0 atom stereocenters. The van der Waals surface area contributed by atoms with Crippen LogP contribution in [0.3, 0.4) is 0 Å². The minimum Gasteiger partial charge on any atom is -0.366 e. The molecule has 0 radical (unpaired) electrons. The van der Waals surface area contributed by atoms with Gasteiger partial charge in [-0.3, -0.25) is 4.79 Å². The van der Waals surface area contributed by atoms with Gasteiger partial charge in [-0.1, -0.05) is 24.3 Å². The normalized spacial score (nSPS) is 18.1. The summed E-state index contributed by atoms with van der Waals surface area (Å²) in [6.07, 6.45) is -0.132. The van der Waals surface area contributed by atoms with E-state index in [0.717, 1.165) is 0 Å². The summed E-state index contributed by atoms with van der Waals surface area (Å²) in [5.41, 5.74) is 0.945. The molecule has 28 heavy (non-hydrogen) atoms. The molecule has 2 aliphatic heterocycles. The Hall–Kier alpha value is -2.94. The Kier molecular flexibility index (Phi) is 4.76. The highest BCUT2D eigenvalue weighted by Gasteiger charge is 2.28. The van der Waals surface area contributed by atoms with E-state index in [2.05, 4.69) is 9.71 Å². The number of nitrogens with one attached hydrogen (secondary N) is 1. The van der Waals surface area contributed by atoms with Gasteiger partial charge in [0.2, 0.25) is 5.91 Å². The lowest BCUT2D eigenvalue weighted by Crippen LogP contribution is -2.49. The molecular weight excluding hydrogens is 383 g/mol.